The fraction of sp³-hybridized carbons (Fsp3) is 0.130. The molecule has 0 aliphatic heterocycles. The first-order chi connectivity index (χ1) is 15.5. The largest absolute Gasteiger partial charge is 0.484 e. The van der Waals surface area contributed by atoms with E-state index in [1.54, 1.807) is 37.3 Å². The standard InChI is InChI=1S/C23H19N3O6/c1-15-11-20-24-18(12-22(28)26(20)32-15)13-31-23(29)16-7-9-17(10-8-16)25-21(27)14-30-19-5-3-2-4-6-19/h2-12H,13-14H2,1H3,(H,25,27). The Labute approximate surface area is 182 Å². The van der Waals surface area contributed by atoms with E-state index >= 15 is 0 Å². The van der Waals surface area contributed by atoms with Crippen LogP contribution in [0.3, 0.4) is 0 Å². The van der Waals surface area contributed by atoms with E-state index in [9.17, 15) is 14.4 Å². The van der Waals surface area contributed by atoms with Crippen LogP contribution in [-0.2, 0) is 16.1 Å². The Morgan fingerprint density at radius 3 is 2.56 bits per heavy atom. The molecular formula is C23H19N3O6. The minimum Gasteiger partial charge on any atom is -0.484 e. The van der Waals surface area contributed by atoms with E-state index in [1.807, 2.05) is 18.2 Å². The number of carbonyl (C=O) groups excluding carboxylic acids is 2. The van der Waals surface area contributed by atoms with Crippen molar-refractivity contribution in [3.05, 3.63) is 94.1 Å². The number of amides is 1. The van der Waals surface area contributed by atoms with Gasteiger partial charge in [-0.1, -0.05) is 18.2 Å². The molecule has 0 spiro atoms. The Hall–Kier alpha value is -4.40. The van der Waals surface area contributed by atoms with Crippen molar-refractivity contribution in [3.63, 3.8) is 0 Å². The normalized spacial score (nSPS) is 10.7. The number of benzene rings is 2. The van der Waals surface area contributed by atoms with Crippen LogP contribution in [0, 0.1) is 6.92 Å². The second-order valence-electron chi connectivity index (χ2n) is 6.89. The summed E-state index contributed by atoms with van der Waals surface area (Å²) in [5, 5.41) is 2.69. The van der Waals surface area contributed by atoms with Gasteiger partial charge in [0.2, 0.25) is 0 Å². The third kappa shape index (κ3) is 5.01. The maximum Gasteiger partial charge on any atom is 0.338 e. The fourth-order valence-corrected chi connectivity index (χ4v) is 2.92. The molecule has 32 heavy (non-hydrogen) atoms. The Balaban J connectivity index is 1.31. The Morgan fingerprint density at radius 2 is 1.81 bits per heavy atom. The van der Waals surface area contributed by atoms with Crippen LogP contribution >= 0.6 is 0 Å². The maximum atomic E-state index is 12.3. The van der Waals surface area contributed by atoms with Crippen LogP contribution in [0.15, 0.2) is 76.0 Å². The van der Waals surface area contributed by atoms with Crippen molar-refractivity contribution >= 4 is 23.2 Å². The minimum absolute atomic E-state index is 0.138. The van der Waals surface area contributed by atoms with Crippen molar-refractivity contribution < 1.29 is 23.6 Å². The summed E-state index contributed by atoms with van der Waals surface area (Å²) in [6, 6.07) is 18.1. The van der Waals surface area contributed by atoms with Crippen LogP contribution in [0.4, 0.5) is 5.69 Å². The summed E-state index contributed by atoms with van der Waals surface area (Å²) in [5.74, 6) is 0.231. The van der Waals surface area contributed by atoms with Gasteiger partial charge < -0.3 is 19.3 Å². The molecule has 1 N–H and O–H groups in total. The lowest BCUT2D eigenvalue weighted by molar-refractivity contribution is -0.118. The quantitative estimate of drug-likeness (QED) is 0.446. The van der Waals surface area contributed by atoms with Crippen molar-refractivity contribution in [3.8, 4) is 5.75 Å². The average Bonchev–Trinajstić information content (AvgIpc) is 3.18. The summed E-state index contributed by atoms with van der Waals surface area (Å²) in [6.07, 6.45) is 0. The lowest BCUT2D eigenvalue weighted by atomic mass is 10.2. The van der Waals surface area contributed by atoms with Crippen LogP contribution in [0.2, 0.25) is 0 Å². The number of aromatic nitrogens is 2. The molecule has 0 fully saturated rings. The zero-order valence-electron chi connectivity index (χ0n) is 17.1. The average molecular weight is 433 g/mol. The number of nitrogens with one attached hydrogen (secondary N) is 1. The van der Waals surface area contributed by atoms with Crippen LogP contribution in [0.1, 0.15) is 21.8 Å². The predicted molar refractivity (Wildman–Crippen MR) is 115 cm³/mol. The third-order valence-corrected chi connectivity index (χ3v) is 4.39. The van der Waals surface area contributed by atoms with Gasteiger partial charge in [-0.15, -0.1) is 4.57 Å². The van der Waals surface area contributed by atoms with Gasteiger partial charge in [0.1, 0.15) is 18.1 Å². The number of anilines is 1. The van der Waals surface area contributed by atoms with Crippen LogP contribution in [-0.4, -0.2) is 28.0 Å². The van der Waals surface area contributed by atoms with E-state index in [2.05, 4.69) is 10.3 Å². The molecule has 0 bridgehead atoms. The molecule has 0 aliphatic rings. The molecule has 0 unspecified atom stereocenters. The van der Waals surface area contributed by atoms with Gasteiger partial charge in [0.05, 0.1) is 11.3 Å². The summed E-state index contributed by atoms with van der Waals surface area (Å²) in [7, 11) is 0. The Bertz CT molecular complexity index is 1310. The summed E-state index contributed by atoms with van der Waals surface area (Å²) < 4.78 is 16.9. The van der Waals surface area contributed by atoms with Gasteiger partial charge >= 0.3 is 5.97 Å². The molecule has 2 heterocycles. The van der Waals surface area contributed by atoms with Gasteiger partial charge in [0.15, 0.2) is 12.3 Å². The van der Waals surface area contributed by atoms with Crippen molar-refractivity contribution in [1.29, 1.82) is 0 Å². The van der Waals surface area contributed by atoms with Gasteiger partial charge in [-0.3, -0.25) is 9.59 Å². The number of carbonyl (C=O) groups is 2. The number of aryl methyl sites for hydroxylation is 1. The molecule has 9 heteroatoms. The second kappa shape index (κ2) is 9.17. The molecule has 9 nitrogen and oxygen atoms in total. The molecule has 2 aromatic carbocycles. The highest BCUT2D eigenvalue weighted by Gasteiger charge is 2.11. The molecule has 4 aromatic rings. The van der Waals surface area contributed by atoms with Crippen molar-refractivity contribution in [2.24, 2.45) is 0 Å². The SMILES string of the molecule is Cc1cc2nc(COC(=O)c3ccc(NC(=O)COc4ccccc4)cc3)cc(=O)n2o1. The van der Waals surface area contributed by atoms with Crippen molar-refractivity contribution in [2.45, 2.75) is 13.5 Å². The Kier molecular flexibility index (Phi) is 5.98. The van der Waals surface area contributed by atoms with Gasteiger partial charge in [0.25, 0.3) is 11.5 Å². The van der Waals surface area contributed by atoms with Gasteiger partial charge in [-0.2, -0.15) is 0 Å². The third-order valence-electron chi connectivity index (χ3n) is 4.39. The van der Waals surface area contributed by atoms with Crippen molar-refractivity contribution in [2.75, 3.05) is 11.9 Å². The summed E-state index contributed by atoms with van der Waals surface area (Å²) in [4.78, 5) is 40.6. The number of hydrogen-bond acceptors (Lipinski definition) is 7. The fourth-order valence-electron chi connectivity index (χ4n) is 2.92. The first-order valence-corrected chi connectivity index (χ1v) is 9.72. The van der Waals surface area contributed by atoms with Crippen molar-refractivity contribution in [1.82, 2.24) is 9.56 Å². The van der Waals surface area contributed by atoms with E-state index < -0.39 is 11.5 Å². The molecular weight excluding hydrogens is 414 g/mol. The number of hydrogen-bond donors (Lipinski definition) is 1. The number of para-hydroxylation sites is 1. The van der Waals surface area contributed by atoms with E-state index in [0.717, 1.165) is 4.57 Å². The highest BCUT2D eigenvalue weighted by Crippen LogP contribution is 2.13. The molecule has 0 atom stereocenters. The molecule has 0 radical (unpaired) electrons. The van der Waals surface area contributed by atoms with E-state index in [0.29, 0.717) is 34.1 Å². The van der Waals surface area contributed by atoms with E-state index in [-0.39, 0.29) is 19.1 Å². The number of esters is 1. The monoisotopic (exact) mass is 433 g/mol. The molecule has 0 saturated heterocycles. The van der Waals surface area contributed by atoms with E-state index in [4.69, 9.17) is 14.0 Å². The van der Waals surface area contributed by atoms with Crippen LogP contribution in [0.25, 0.3) is 5.65 Å². The first kappa shape index (κ1) is 20.9. The minimum atomic E-state index is -0.583. The summed E-state index contributed by atoms with van der Waals surface area (Å²) >= 11 is 0. The summed E-state index contributed by atoms with van der Waals surface area (Å²) in [5.41, 5.74) is 1.06. The highest BCUT2D eigenvalue weighted by molar-refractivity contribution is 5.93. The van der Waals surface area contributed by atoms with Gasteiger partial charge in [-0.05, 0) is 43.3 Å². The molecule has 0 saturated carbocycles. The molecule has 0 aliphatic carbocycles. The van der Waals surface area contributed by atoms with Crippen LogP contribution in [0.5, 0.6) is 5.75 Å². The van der Waals surface area contributed by atoms with Gasteiger partial charge in [0, 0.05) is 17.8 Å². The lowest BCUT2D eigenvalue weighted by Gasteiger charge is -2.08. The zero-order valence-corrected chi connectivity index (χ0v) is 17.1. The molecule has 1 amide bonds. The number of rotatable bonds is 7. The smallest absolute Gasteiger partial charge is 0.338 e. The second-order valence-corrected chi connectivity index (χ2v) is 6.89. The van der Waals surface area contributed by atoms with Gasteiger partial charge in [-0.25, -0.2) is 9.78 Å². The molecule has 4 rings (SSSR count). The predicted octanol–water partition coefficient (Wildman–Crippen LogP) is 2.97. The first-order valence-electron chi connectivity index (χ1n) is 9.72. The number of ether oxygens (including phenoxy) is 2. The summed E-state index contributed by atoms with van der Waals surface area (Å²) in [6.45, 7) is 1.40. The zero-order chi connectivity index (χ0) is 22.5. The lowest BCUT2D eigenvalue weighted by Crippen LogP contribution is -2.20. The van der Waals surface area contributed by atoms with E-state index in [1.165, 1.54) is 18.2 Å². The highest BCUT2D eigenvalue weighted by atomic mass is 16.5. The maximum absolute atomic E-state index is 12.3. The topological polar surface area (TPSA) is 112 Å². The van der Waals surface area contributed by atoms with Crippen LogP contribution < -0.4 is 15.6 Å². The number of fused-ring (bicyclic) bond motifs is 1. The number of nitrogens with zero attached hydrogens (tertiary/aromatic N) is 2. The molecule has 2 aromatic heterocycles. The Morgan fingerprint density at radius 1 is 1.06 bits per heavy atom. The molecule has 162 valence electrons.